The molecular weight excluding hydrogens is 376 g/mol. The van der Waals surface area contributed by atoms with Crippen molar-refractivity contribution in [3.63, 3.8) is 0 Å². The lowest BCUT2D eigenvalue weighted by molar-refractivity contribution is 0.387. The van der Waals surface area contributed by atoms with Crippen LogP contribution in [0, 0.1) is 10.7 Å². The van der Waals surface area contributed by atoms with Crippen LogP contribution in [0.2, 0.25) is 0 Å². The van der Waals surface area contributed by atoms with Gasteiger partial charge in [0.15, 0.2) is 11.5 Å². The second-order valence-electron chi connectivity index (χ2n) is 7.44. The number of aromatic amines is 1. The van der Waals surface area contributed by atoms with Gasteiger partial charge in [0.05, 0.1) is 6.54 Å². The van der Waals surface area contributed by atoms with E-state index in [1.54, 1.807) is 0 Å². The Balaban J connectivity index is 1.74. The van der Waals surface area contributed by atoms with Crippen LogP contribution in [0.3, 0.4) is 0 Å². The van der Waals surface area contributed by atoms with E-state index in [9.17, 15) is 9.00 Å². The molecule has 9 heteroatoms. The zero-order chi connectivity index (χ0) is 19.7. The highest BCUT2D eigenvalue weighted by molar-refractivity contribution is 7.92. The molecular formula is C19H24N6O2S. The number of hydrogen-bond acceptors (Lipinski definition) is 6. The molecule has 0 radical (unpaired) electrons. The fourth-order valence-electron chi connectivity index (χ4n) is 3.85. The number of benzene rings is 1. The van der Waals surface area contributed by atoms with Crippen LogP contribution >= 0.6 is 0 Å². The third-order valence-corrected chi connectivity index (χ3v) is 7.02. The maximum absolute atomic E-state index is 13.1. The molecule has 0 bridgehead atoms. The fourth-order valence-corrected chi connectivity index (χ4v) is 5.48. The summed E-state index contributed by atoms with van der Waals surface area (Å²) < 4.78 is 23.0. The molecule has 0 saturated heterocycles. The van der Waals surface area contributed by atoms with Crippen molar-refractivity contribution in [2.45, 2.75) is 43.8 Å². The van der Waals surface area contributed by atoms with Crippen LogP contribution < -0.4 is 11.4 Å². The molecule has 3 aromatic rings. The molecule has 8 nitrogen and oxygen atoms in total. The molecule has 1 aliphatic rings. The lowest BCUT2D eigenvalue weighted by atomic mass is 9.91. The minimum Gasteiger partial charge on any atom is -0.382 e. The molecule has 1 atom stereocenters. The summed E-state index contributed by atoms with van der Waals surface area (Å²) in [5, 5.41) is -0.0797. The number of fused-ring (bicyclic) bond motifs is 1. The SMILES string of the molecule is N=S(=O)(CC1CCCCC1)c1nc(N)c2[nH]c(=O)n(Cc3ccccc3)c2n1. The number of hydrogen-bond donors (Lipinski definition) is 3. The van der Waals surface area contributed by atoms with E-state index >= 15 is 0 Å². The molecule has 0 amide bonds. The molecule has 0 aliphatic heterocycles. The van der Waals surface area contributed by atoms with Crippen molar-refractivity contribution in [3.05, 3.63) is 46.4 Å². The van der Waals surface area contributed by atoms with Crippen molar-refractivity contribution in [3.8, 4) is 0 Å². The van der Waals surface area contributed by atoms with Gasteiger partial charge in [-0.2, -0.15) is 4.98 Å². The van der Waals surface area contributed by atoms with E-state index in [2.05, 4.69) is 15.0 Å². The summed E-state index contributed by atoms with van der Waals surface area (Å²) in [4.78, 5) is 23.6. The number of nitrogens with one attached hydrogen (secondary N) is 2. The summed E-state index contributed by atoms with van der Waals surface area (Å²) >= 11 is 0. The van der Waals surface area contributed by atoms with Crippen molar-refractivity contribution in [2.75, 3.05) is 11.5 Å². The zero-order valence-corrected chi connectivity index (χ0v) is 16.4. The van der Waals surface area contributed by atoms with Crippen LogP contribution in [0.25, 0.3) is 11.2 Å². The first-order chi connectivity index (χ1) is 13.4. The number of nitrogens with two attached hydrogens (primary N) is 1. The predicted molar refractivity (Wildman–Crippen MR) is 109 cm³/mol. The van der Waals surface area contributed by atoms with Gasteiger partial charge in [-0.05, 0) is 24.3 Å². The Morgan fingerprint density at radius 3 is 2.61 bits per heavy atom. The Hall–Kier alpha value is -2.68. The van der Waals surface area contributed by atoms with Crippen molar-refractivity contribution in [1.29, 1.82) is 4.78 Å². The summed E-state index contributed by atoms with van der Waals surface area (Å²) in [6.45, 7) is 0.303. The van der Waals surface area contributed by atoms with Crippen molar-refractivity contribution >= 4 is 26.7 Å². The molecule has 4 rings (SSSR count). The maximum atomic E-state index is 13.1. The predicted octanol–water partition coefficient (Wildman–Crippen LogP) is 2.74. The zero-order valence-electron chi connectivity index (χ0n) is 15.6. The molecule has 2 heterocycles. The van der Waals surface area contributed by atoms with Crippen LogP contribution in [-0.4, -0.2) is 29.5 Å². The number of nitrogens with zero attached hydrogens (tertiary/aromatic N) is 3. The maximum Gasteiger partial charge on any atom is 0.328 e. The number of nitrogen functional groups attached to an aromatic ring is 1. The smallest absolute Gasteiger partial charge is 0.328 e. The Bertz CT molecular complexity index is 1140. The number of aromatic nitrogens is 4. The summed E-state index contributed by atoms with van der Waals surface area (Å²) in [6, 6.07) is 9.51. The number of anilines is 1. The van der Waals surface area contributed by atoms with Crippen molar-refractivity contribution in [2.24, 2.45) is 5.92 Å². The third kappa shape index (κ3) is 3.66. The van der Waals surface area contributed by atoms with E-state index in [0.717, 1.165) is 31.2 Å². The fraction of sp³-hybridized carbons (Fsp3) is 0.421. The van der Waals surface area contributed by atoms with Crippen LogP contribution in [0.1, 0.15) is 37.7 Å². The lowest BCUT2D eigenvalue weighted by Crippen LogP contribution is -2.21. The molecule has 1 fully saturated rings. The molecule has 0 spiro atoms. The quantitative estimate of drug-likeness (QED) is 0.567. The van der Waals surface area contributed by atoms with Gasteiger partial charge in [0, 0.05) is 5.75 Å². The summed E-state index contributed by atoms with van der Waals surface area (Å²) in [7, 11) is -3.19. The van der Waals surface area contributed by atoms with E-state index in [4.69, 9.17) is 10.5 Å². The molecule has 1 unspecified atom stereocenters. The summed E-state index contributed by atoms with van der Waals surface area (Å²) in [5.74, 6) is 0.537. The van der Waals surface area contributed by atoms with Gasteiger partial charge in [0.25, 0.3) is 0 Å². The first-order valence-electron chi connectivity index (χ1n) is 9.50. The minimum atomic E-state index is -3.19. The van der Waals surface area contributed by atoms with Gasteiger partial charge in [-0.1, -0.05) is 49.6 Å². The van der Waals surface area contributed by atoms with Gasteiger partial charge in [-0.25, -0.2) is 18.8 Å². The molecule has 28 heavy (non-hydrogen) atoms. The monoisotopic (exact) mass is 400 g/mol. The van der Waals surface area contributed by atoms with Gasteiger partial charge in [-0.3, -0.25) is 4.57 Å². The van der Waals surface area contributed by atoms with Gasteiger partial charge in [0.1, 0.15) is 15.2 Å². The highest BCUT2D eigenvalue weighted by atomic mass is 32.2. The van der Waals surface area contributed by atoms with E-state index in [0.29, 0.717) is 17.7 Å². The topological polar surface area (TPSA) is 131 Å². The average molecular weight is 401 g/mol. The highest BCUT2D eigenvalue weighted by Gasteiger charge is 2.24. The minimum absolute atomic E-state index is 0.0486. The standard InChI is InChI=1S/C19H24N6O2S/c20-16-15-17(25(19(26)22-15)11-13-7-3-1-4-8-13)24-18(23-16)28(21,27)12-14-9-5-2-6-10-14/h1,3-4,7-8,14,21H,2,5-6,9-12H2,(H,22,26)(H2,20,23,24). The molecule has 1 saturated carbocycles. The Morgan fingerprint density at radius 2 is 1.89 bits per heavy atom. The van der Waals surface area contributed by atoms with Gasteiger partial charge in [-0.15, -0.1) is 0 Å². The van der Waals surface area contributed by atoms with Gasteiger partial charge in [0.2, 0.25) is 5.16 Å². The summed E-state index contributed by atoms with van der Waals surface area (Å²) in [5.41, 5.74) is 7.20. The normalized spacial score (nSPS) is 17.6. The van der Waals surface area contributed by atoms with Crippen molar-refractivity contribution < 1.29 is 4.21 Å². The molecule has 1 aromatic carbocycles. The number of H-pyrrole nitrogens is 1. The summed E-state index contributed by atoms with van der Waals surface area (Å²) in [6.07, 6.45) is 5.38. The second kappa shape index (κ2) is 7.38. The van der Waals surface area contributed by atoms with Crippen LogP contribution in [-0.2, 0) is 16.3 Å². The van der Waals surface area contributed by atoms with Gasteiger partial charge >= 0.3 is 5.69 Å². The van der Waals surface area contributed by atoms with Crippen molar-refractivity contribution in [1.82, 2.24) is 19.5 Å². The van der Waals surface area contributed by atoms with E-state index in [1.807, 2.05) is 30.3 Å². The molecule has 1 aliphatic carbocycles. The second-order valence-corrected chi connectivity index (χ2v) is 9.49. The Morgan fingerprint density at radius 1 is 1.18 bits per heavy atom. The van der Waals surface area contributed by atoms with Crippen LogP contribution in [0.15, 0.2) is 40.3 Å². The Kier molecular flexibility index (Phi) is 4.92. The van der Waals surface area contributed by atoms with E-state index in [-0.39, 0.29) is 28.3 Å². The van der Waals surface area contributed by atoms with Crippen LogP contribution in [0.5, 0.6) is 0 Å². The Labute approximate surface area is 163 Å². The molecule has 148 valence electrons. The van der Waals surface area contributed by atoms with E-state index < -0.39 is 9.73 Å². The highest BCUT2D eigenvalue weighted by Crippen LogP contribution is 2.27. The first kappa shape index (κ1) is 18.7. The lowest BCUT2D eigenvalue weighted by Gasteiger charge is -2.21. The number of imidazole rings is 1. The third-order valence-electron chi connectivity index (χ3n) is 5.30. The average Bonchev–Trinajstić information content (AvgIpc) is 2.99. The molecule has 4 N–H and O–H groups in total. The largest absolute Gasteiger partial charge is 0.382 e. The first-order valence-corrected chi connectivity index (χ1v) is 11.2. The van der Waals surface area contributed by atoms with Crippen LogP contribution in [0.4, 0.5) is 5.82 Å². The van der Waals surface area contributed by atoms with Gasteiger partial charge < -0.3 is 10.7 Å². The van der Waals surface area contributed by atoms with E-state index in [1.165, 1.54) is 11.0 Å². The molecule has 2 aromatic heterocycles. The number of rotatable bonds is 5.